The second-order valence-corrected chi connectivity index (χ2v) is 4.63. The van der Waals surface area contributed by atoms with Gasteiger partial charge in [0.1, 0.15) is 5.54 Å². The van der Waals surface area contributed by atoms with Crippen molar-refractivity contribution in [3.05, 3.63) is 16.9 Å². The lowest BCUT2D eigenvalue weighted by molar-refractivity contribution is -0.144. The van der Waals surface area contributed by atoms with E-state index in [4.69, 9.17) is 11.6 Å². The summed E-state index contributed by atoms with van der Waals surface area (Å²) in [6.45, 7) is 6.56. The Balaban J connectivity index is 2.71. The average Bonchev–Trinajstić information content (AvgIpc) is 2.57. The Bertz CT molecular complexity index is 405. The molecule has 1 heterocycles. The van der Waals surface area contributed by atoms with Gasteiger partial charge in [0.05, 0.1) is 16.9 Å². The van der Waals surface area contributed by atoms with Crippen LogP contribution in [0.3, 0.4) is 0 Å². The molecule has 2 N–H and O–H groups in total. The van der Waals surface area contributed by atoms with E-state index in [0.717, 1.165) is 5.69 Å². The predicted octanol–water partition coefficient (Wildman–Crippen LogP) is 1.69. The number of carboxylic acid groups (broad SMARTS) is 1. The zero-order chi connectivity index (χ0) is 13.1. The van der Waals surface area contributed by atoms with Crippen LogP contribution in [0.4, 0.5) is 0 Å². The Morgan fingerprint density at radius 3 is 2.76 bits per heavy atom. The number of rotatable bonds is 6. The standard InChI is InChI=1S/C11H18ClN3O2/c1-4-13-11(3,10(16)17)5-6-15-8(2)9(12)7-14-15/h7,13H,4-6H2,1-3H3,(H,16,17). The van der Waals surface area contributed by atoms with E-state index in [9.17, 15) is 9.90 Å². The van der Waals surface area contributed by atoms with Crippen LogP contribution in [0, 0.1) is 6.92 Å². The van der Waals surface area contributed by atoms with E-state index >= 15 is 0 Å². The van der Waals surface area contributed by atoms with E-state index < -0.39 is 11.5 Å². The minimum absolute atomic E-state index is 0.453. The van der Waals surface area contributed by atoms with Crippen LogP contribution in [0.2, 0.25) is 5.02 Å². The van der Waals surface area contributed by atoms with E-state index in [1.54, 1.807) is 17.8 Å². The fraction of sp³-hybridized carbons (Fsp3) is 0.636. The molecule has 0 saturated carbocycles. The first-order valence-electron chi connectivity index (χ1n) is 5.57. The number of nitrogens with zero attached hydrogens (tertiary/aromatic N) is 2. The molecule has 1 aromatic rings. The summed E-state index contributed by atoms with van der Waals surface area (Å²) in [4.78, 5) is 11.2. The van der Waals surface area contributed by atoms with Gasteiger partial charge < -0.3 is 10.4 Å². The van der Waals surface area contributed by atoms with Gasteiger partial charge in [-0.2, -0.15) is 5.10 Å². The molecular weight excluding hydrogens is 242 g/mol. The molecule has 1 aromatic heterocycles. The van der Waals surface area contributed by atoms with Gasteiger partial charge in [-0.15, -0.1) is 0 Å². The molecule has 0 amide bonds. The molecule has 0 aliphatic rings. The first-order chi connectivity index (χ1) is 7.90. The van der Waals surface area contributed by atoms with Crippen molar-refractivity contribution in [2.45, 2.75) is 39.3 Å². The van der Waals surface area contributed by atoms with Gasteiger partial charge in [0.15, 0.2) is 0 Å². The highest BCUT2D eigenvalue weighted by atomic mass is 35.5. The van der Waals surface area contributed by atoms with Gasteiger partial charge in [-0.05, 0) is 26.8 Å². The molecule has 17 heavy (non-hydrogen) atoms. The summed E-state index contributed by atoms with van der Waals surface area (Å²) in [6.07, 6.45) is 2.03. The second-order valence-electron chi connectivity index (χ2n) is 4.22. The van der Waals surface area contributed by atoms with Crippen LogP contribution in [0.1, 0.15) is 26.0 Å². The molecule has 0 aliphatic heterocycles. The lowest BCUT2D eigenvalue weighted by Gasteiger charge is -2.25. The predicted molar refractivity (Wildman–Crippen MR) is 66.3 cm³/mol. The number of likely N-dealkylation sites (N-methyl/N-ethyl adjacent to an activating group) is 1. The van der Waals surface area contributed by atoms with Crippen LogP contribution in [-0.2, 0) is 11.3 Å². The van der Waals surface area contributed by atoms with Crippen LogP contribution >= 0.6 is 11.6 Å². The van der Waals surface area contributed by atoms with Gasteiger partial charge in [-0.3, -0.25) is 9.48 Å². The second kappa shape index (κ2) is 5.51. The number of aryl methyl sites for hydroxylation is 1. The van der Waals surface area contributed by atoms with E-state index in [1.165, 1.54) is 0 Å². The third kappa shape index (κ3) is 3.20. The number of aromatic nitrogens is 2. The average molecular weight is 260 g/mol. The zero-order valence-electron chi connectivity index (χ0n) is 10.3. The first kappa shape index (κ1) is 14.0. The minimum atomic E-state index is -0.931. The van der Waals surface area contributed by atoms with Gasteiger partial charge in [-0.1, -0.05) is 18.5 Å². The molecule has 0 saturated heterocycles. The molecule has 1 rings (SSSR count). The van der Waals surface area contributed by atoms with E-state index in [0.29, 0.717) is 24.5 Å². The Hall–Kier alpha value is -1.07. The molecular formula is C11H18ClN3O2. The molecule has 1 unspecified atom stereocenters. The van der Waals surface area contributed by atoms with Gasteiger partial charge in [-0.25, -0.2) is 0 Å². The Morgan fingerprint density at radius 2 is 2.35 bits per heavy atom. The number of carbonyl (C=O) groups is 1. The fourth-order valence-corrected chi connectivity index (χ4v) is 1.78. The molecule has 1 atom stereocenters. The summed E-state index contributed by atoms with van der Waals surface area (Å²) in [5, 5.41) is 16.9. The number of hydrogen-bond donors (Lipinski definition) is 2. The zero-order valence-corrected chi connectivity index (χ0v) is 11.1. The summed E-state index contributed by atoms with van der Waals surface area (Å²) >= 11 is 5.89. The monoisotopic (exact) mass is 259 g/mol. The molecule has 0 aliphatic carbocycles. The maximum atomic E-state index is 11.2. The minimum Gasteiger partial charge on any atom is -0.480 e. The number of carboxylic acids is 1. The highest BCUT2D eigenvalue weighted by Crippen LogP contribution is 2.16. The molecule has 5 nitrogen and oxygen atoms in total. The summed E-state index contributed by atoms with van der Waals surface area (Å²) in [5.41, 5.74) is -0.0736. The van der Waals surface area contributed by atoms with Crippen molar-refractivity contribution in [2.75, 3.05) is 6.54 Å². The van der Waals surface area contributed by atoms with Crippen LogP contribution in [0.25, 0.3) is 0 Å². The van der Waals surface area contributed by atoms with Crippen molar-refractivity contribution in [1.82, 2.24) is 15.1 Å². The van der Waals surface area contributed by atoms with E-state index in [2.05, 4.69) is 10.4 Å². The molecule has 0 bridgehead atoms. The van der Waals surface area contributed by atoms with Gasteiger partial charge >= 0.3 is 5.97 Å². The number of nitrogens with one attached hydrogen (secondary N) is 1. The van der Waals surface area contributed by atoms with Crippen molar-refractivity contribution in [1.29, 1.82) is 0 Å². The molecule has 0 aromatic carbocycles. The van der Waals surface area contributed by atoms with Crippen molar-refractivity contribution >= 4 is 17.6 Å². The fourth-order valence-electron chi connectivity index (χ4n) is 1.64. The van der Waals surface area contributed by atoms with Gasteiger partial charge in [0.25, 0.3) is 0 Å². The Labute approximate surface area is 106 Å². The van der Waals surface area contributed by atoms with E-state index in [-0.39, 0.29) is 0 Å². The normalized spacial score (nSPS) is 14.6. The molecule has 96 valence electrons. The van der Waals surface area contributed by atoms with Crippen LogP contribution in [0.5, 0.6) is 0 Å². The maximum absolute atomic E-state index is 11.2. The van der Waals surface area contributed by atoms with Crippen molar-refractivity contribution in [3.8, 4) is 0 Å². The summed E-state index contributed by atoms with van der Waals surface area (Å²) in [6, 6.07) is 0. The number of aliphatic carboxylic acids is 1. The summed E-state index contributed by atoms with van der Waals surface area (Å²) in [5.74, 6) is -0.852. The van der Waals surface area contributed by atoms with Gasteiger partial charge in [0.2, 0.25) is 0 Å². The SMILES string of the molecule is CCNC(C)(CCn1ncc(Cl)c1C)C(=O)O. The third-order valence-electron chi connectivity index (χ3n) is 2.91. The van der Waals surface area contributed by atoms with Crippen LogP contribution in [-0.4, -0.2) is 32.9 Å². The molecule has 0 radical (unpaired) electrons. The summed E-state index contributed by atoms with van der Waals surface area (Å²) in [7, 11) is 0. The third-order valence-corrected chi connectivity index (χ3v) is 3.28. The van der Waals surface area contributed by atoms with Crippen molar-refractivity contribution < 1.29 is 9.90 Å². The lowest BCUT2D eigenvalue weighted by Crippen LogP contribution is -2.50. The Kier molecular flexibility index (Phi) is 4.54. The molecule has 0 spiro atoms. The van der Waals surface area contributed by atoms with Gasteiger partial charge in [0, 0.05) is 6.54 Å². The maximum Gasteiger partial charge on any atom is 0.323 e. The highest BCUT2D eigenvalue weighted by molar-refractivity contribution is 6.31. The molecule has 6 heteroatoms. The lowest BCUT2D eigenvalue weighted by atomic mass is 9.98. The van der Waals surface area contributed by atoms with E-state index in [1.807, 2.05) is 13.8 Å². The topological polar surface area (TPSA) is 67.2 Å². The van der Waals surface area contributed by atoms with Crippen molar-refractivity contribution in [3.63, 3.8) is 0 Å². The molecule has 0 fully saturated rings. The number of halogens is 1. The van der Waals surface area contributed by atoms with Crippen molar-refractivity contribution in [2.24, 2.45) is 0 Å². The first-order valence-corrected chi connectivity index (χ1v) is 5.95. The highest BCUT2D eigenvalue weighted by Gasteiger charge is 2.31. The number of hydrogen-bond acceptors (Lipinski definition) is 3. The van der Waals surface area contributed by atoms with Crippen LogP contribution < -0.4 is 5.32 Å². The van der Waals surface area contributed by atoms with Crippen LogP contribution in [0.15, 0.2) is 6.20 Å². The Morgan fingerprint density at radius 1 is 1.71 bits per heavy atom. The quantitative estimate of drug-likeness (QED) is 0.816. The smallest absolute Gasteiger partial charge is 0.323 e. The summed E-state index contributed by atoms with van der Waals surface area (Å²) < 4.78 is 1.72. The largest absolute Gasteiger partial charge is 0.480 e.